The second-order valence-corrected chi connectivity index (χ2v) is 8.25. The summed E-state index contributed by atoms with van der Waals surface area (Å²) in [6.45, 7) is 6.88. The van der Waals surface area contributed by atoms with Crippen LogP contribution in [0.15, 0.2) is 24.3 Å². The fourth-order valence-corrected chi connectivity index (χ4v) is 3.97. The Morgan fingerprint density at radius 1 is 1.30 bits per heavy atom. The Labute approximate surface area is 160 Å². The molecular weight excluding hydrogens is 347 g/mol. The van der Waals surface area contributed by atoms with Gasteiger partial charge in [0.15, 0.2) is 0 Å². The van der Waals surface area contributed by atoms with Crippen LogP contribution in [0.25, 0.3) is 0 Å². The van der Waals surface area contributed by atoms with Crippen molar-refractivity contribution < 1.29 is 18.7 Å². The summed E-state index contributed by atoms with van der Waals surface area (Å²) in [5.74, 6) is -0.418. The molecule has 2 fully saturated rings. The molecule has 3 rings (SSSR count). The summed E-state index contributed by atoms with van der Waals surface area (Å²) in [7, 11) is 0. The largest absolute Gasteiger partial charge is 0.354 e. The number of halogens is 1. The molecule has 1 aromatic carbocycles. The van der Waals surface area contributed by atoms with Gasteiger partial charge in [-0.05, 0) is 49.7 Å². The average Bonchev–Trinajstić information content (AvgIpc) is 3.01. The molecule has 0 unspecified atom stereocenters. The Morgan fingerprint density at radius 2 is 1.96 bits per heavy atom. The summed E-state index contributed by atoms with van der Waals surface area (Å²) in [5.41, 5.74) is -0.825. The second kappa shape index (κ2) is 7.97. The van der Waals surface area contributed by atoms with Crippen LogP contribution in [0.5, 0.6) is 0 Å². The van der Waals surface area contributed by atoms with Gasteiger partial charge in [-0.3, -0.25) is 14.5 Å². The third-order valence-corrected chi connectivity index (χ3v) is 5.63. The monoisotopic (exact) mass is 376 g/mol. The van der Waals surface area contributed by atoms with Gasteiger partial charge in [-0.2, -0.15) is 0 Å². The van der Waals surface area contributed by atoms with Crippen molar-refractivity contribution >= 4 is 11.8 Å². The average molecular weight is 376 g/mol. The van der Waals surface area contributed by atoms with Crippen molar-refractivity contribution in [2.24, 2.45) is 11.8 Å². The number of amides is 2. The van der Waals surface area contributed by atoms with Crippen LogP contribution in [0.1, 0.15) is 56.8 Å². The third kappa shape index (κ3) is 4.00. The predicted molar refractivity (Wildman–Crippen MR) is 101 cm³/mol. The second-order valence-electron chi connectivity index (χ2n) is 8.25. The van der Waals surface area contributed by atoms with E-state index in [2.05, 4.69) is 12.2 Å². The molecule has 1 saturated heterocycles. The van der Waals surface area contributed by atoms with Crippen molar-refractivity contribution in [3.8, 4) is 0 Å². The summed E-state index contributed by atoms with van der Waals surface area (Å²) in [6, 6.07) is 5.20. The van der Waals surface area contributed by atoms with E-state index in [0.29, 0.717) is 31.2 Å². The van der Waals surface area contributed by atoms with Crippen LogP contribution >= 0.6 is 0 Å². The molecule has 1 spiro atoms. The smallest absolute Gasteiger partial charge is 0.259 e. The lowest BCUT2D eigenvalue weighted by Crippen LogP contribution is -2.57. The maximum atomic E-state index is 14.3. The zero-order valence-electron chi connectivity index (χ0n) is 16.3. The standard InChI is InChI=1S/C21H29FN2O3/c1-14(2)12-23-19(25)18-13-27-21(10-8-15(3)9-11-21)24(18)20(26)16-6-4-5-7-17(16)22/h4-7,14-15,18H,8-13H2,1-3H3,(H,23,25)/t15?,18-,21?/m0/s1. The van der Waals surface area contributed by atoms with Crippen molar-refractivity contribution in [2.45, 2.75) is 58.2 Å². The van der Waals surface area contributed by atoms with Gasteiger partial charge < -0.3 is 10.1 Å². The van der Waals surface area contributed by atoms with Crippen molar-refractivity contribution in [3.63, 3.8) is 0 Å². The Balaban J connectivity index is 1.91. The molecule has 0 aromatic heterocycles. The lowest BCUT2D eigenvalue weighted by molar-refractivity contribution is -0.128. The number of benzene rings is 1. The van der Waals surface area contributed by atoms with E-state index in [1.54, 1.807) is 12.1 Å². The molecule has 1 saturated carbocycles. The number of nitrogens with zero attached hydrogens (tertiary/aromatic N) is 1. The first-order valence-corrected chi connectivity index (χ1v) is 9.84. The van der Waals surface area contributed by atoms with Crippen LogP contribution in [0, 0.1) is 17.7 Å². The number of rotatable bonds is 4. The summed E-state index contributed by atoms with van der Waals surface area (Å²) >= 11 is 0. The van der Waals surface area contributed by atoms with E-state index in [0.717, 1.165) is 12.8 Å². The lowest BCUT2D eigenvalue weighted by atomic mass is 9.83. The van der Waals surface area contributed by atoms with E-state index in [9.17, 15) is 14.0 Å². The summed E-state index contributed by atoms with van der Waals surface area (Å²) < 4.78 is 20.4. The molecule has 2 aliphatic rings. The minimum atomic E-state index is -0.814. The Hall–Kier alpha value is -1.95. The van der Waals surface area contributed by atoms with Gasteiger partial charge >= 0.3 is 0 Å². The van der Waals surface area contributed by atoms with Crippen LogP contribution in [-0.2, 0) is 9.53 Å². The van der Waals surface area contributed by atoms with E-state index < -0.39 is 23.5 Å². The highest BCUT2D eigenvalue weighted by atomic mass is 19.1. The first-order valence-electron chi connectivity index (χ1n) is 9.84. The number of carbonyl (C=O) groups excluding carboxylic acids is 2. The fourth-order valence-electron chi connectivity index (χ4n) is 3.97. The molecule has 27 heavy (non-hydrogen) atoms. The Kier molecular flexibility index (Phi) is 5.84. The summed E-state index contributed by atoms with van der Waals surface area (Å²) in [4.78, 5) is 27.6. The molecule has 1 aliphatic carbocycles. The molecular formula is C21H29FN2O3. The van der Waals surface area contributed by atoms with Crippen LogP contribution < -0.4 is 5.32 Å². The molecule has 2 amide bonds. The molecule has 0 radical (unpaired) electrons. The van der Waals surface area contributed by atoms with E-state index in [-0.39, 0.29) is 18.1 Å². The van der Waals surface area contributed by atoms with Gasteiger partial charge in [0.25, 0.3) is 5.91 Å². The topological polar surface area (TPSA) is 58.6 Å². The van der Waals surface area contributed by atoms with Crippen molar-refractivity contribution in [2.75, 3.05) is 13.2 Å². The molecule has 6 heteroatoms. The zero-order chi connectivity index (χ0) is 19.6. The molecule has 0 bridgehead atoms. The number of carbonyl (C=O) groups is 2. The third-order valence-electron chi connectivity index (χ3n) is 5.63. The Bertz CT molecular complexity index is 698. The molecule has 1 aliphatic heterocycles. The first-order chi connectivity index (χ1) is 12.8. The zero-order valence-corrected chi connectivity index (χ0v) is 16.3. The minimum absolute atomic E-state index is 0.0114. The lowest BCUT2D eigenvalue weighted by Gasteiger charge is -2.43. The number of ether oxygens (including phenoxy) is 1. The first kappa shape index (κ1) is 19.8. The number of nitrogens with one attached hydrogen (secondary N) is 1. The van der Waals surface area contributed by atoms with Crippen molar-refractivity contribution in [3.05, 3.63) is 35.6 Å². The van der Waals surface area contributed by atoms with Gasteiger partial charge in [-0.1, -0.05) is 32.9 Å². The predicted octanol–water partition coefficient (Wildman–Crippen LogP) is 3.35. The van der Waals surface area contributed by atoms with Crippen LogP contribution in [0.4, 0.5) is 4.39 Å². The molecule has 1 atom stereocenters. The van der Waals surface area contributed by atoms with Gasteiger partial charge in [-0.15, -0.1) is 0 Å². The maximum absolute atomic E-state index is 14.3. The van der Waals surface area contributed by atoms with E-state index >= 15 is 0 Å². The van der Waals surface area contributed by atoms with Crippen molar-refractivity contribution in [1.82, 2.24) is 10.2 Å². The van der Waals surface area contributed by atoms with Gasteiger partial charge in [0.05, 0.1) is 12.2 Å². The van der Waals surface area contributed by atoms with Crippen LogP contribution in [-0.4, -0.2) is 41.6 Å². The number of hydrogen-bond acceptors (Lipinski definition) is 3. The van der Waals surface area contributed by atoms with E-state index in [4.69, 9.17) is 4.74 Å². The fraction of sp³-hybridized carbons (Fsp3) is 0.619. The molecule has 1 heterocycles. The quantitative estimate of drug-likeness (QED) is 0.877. The SMILES string of the molecule is CC(C)CNC(=O)[C@@H]1COC2(CCC(C)CC2)N1C(=O)c1ccccc1F. The highest BCUT2D eigenvalue weighted by Gasteiger charge is 2.53. The normalized spacial score (nSPS) is 28.0. The summed E-state index contributed by atoms with van der Waals surface area (Å²) in [5, 5.41) is 2.90. The molecule has 5 nitrogen and oxygen atoms in total. The van der Waals surface area contributed by atoms with Crippen LogP contribution in [0.2, 0.25) is 0 Å². The van der Waals surface area contributed by atoms with E-state index in [1.165, 1.54) is 17.0 Å². The van der Waals surface area contributed by atoms with E-state index in [1.807, 2.05) is 13.8 Å². The van der Waals surface area contributed by atoms with Gasteiger partial charge in [-0.25, -0.2) is 4.39 Å². The minimum Gasteiger partial charge on any atom is -0.354 e. The highest BCUT2D eigenvalue weighted by molar-refractivity contribution is 5.98. The van der Waals surface area contributed by atoms with Crippen molar-refractivity contribution in [1.29, 1.82) is 0 Å². The molecule has 1 N–H and O–H groups in total. The molecule has 148 valence electrons. The maximum Gasteiger partial charge on any atom is 0.259 e. The number of hydrogen-bond donors (Lipinski definition) is 1. The van der Waals surface area contributed by atoms with Crippen LogP contribution in [0.3, 0.4) is 0 Å². The highest BCUT2D eigenvalue weighted by Crippen LogP contribution is 2.43. The summed E-state index contributed by atoms with van der Waals surface area (Å²) in [6.07, 6.45) is 3.17. The van der Waals surface area contributed by atoms with Gasteiger partial charge in [0.2, 0.25) is 5.91 Å². The molecule has 1 aromatic rings. The van der Waals surface area contributed by atoms with Gasteiger partial charge in [0, 0.05) is 6.54 Å². The van der Waals surface area contributed by atoms with Gasteiger partial charge in [0.1, 0.15) is 17.6 Å². The Morgan fingerprint density at radius 3 is 2.59 bits per heavy atom.